The van der Waals surface area contributed by atoms with E-state index in [1.165, 1.54) is 16.3 Å². The van der Waals surface area contributed by atoms with Crippen LogP contribution in [-0.2, 0) is 6.42 Å². The predicted molar refractivity (Wildman–Crippen MR) is 117 cm³/mol. The van der Waals surface area contributed by atoms with Crippen molar-refractivity contribution in [2.75, 3.05) is 11.9 Å². The van der Waals surface area contributed by atoms with Crippen molar-refractivity contribution < 1.29 is 0 Å². The fraction of sp³-hybridized carbons (Fsp3) is 0.125. The molecule has 142 valence electrons. The highest BCUT2D eigenvalue weighted by atomic mass is 15.3. The summed E-state index contributed by atoms with van der Waals surface area (Å²) in [5.41, 5.74) is 5.23. The Labute approximate surface area is 169 Å². The Morgan fingerprint density at radius 2 is 1.79 bits per heavy atom. The van der Waals surface area contributed by atoms with Gasteiger partial charge in [0.25, 0.3) is 0 Å². The van der Waals surface area contributed by atoms with Gasteiger partial charge in [-0.05, 0) is 53.6 Å². The number of hydrogen-bond donors (Lipinski definition) is 1. The number of nitrogens with one attached hydrogen (secondary N) is 1. The summed E-state index contributed by atoms with van der Waals surface area (Å²) >= 11 is 0. The highest BCUT2D eigenvalue weighted by Gasteiger charge is 2.09. The van der Waals surface area contributed by atoms with Crippen molar-refractivity contribution >= 4 is 22.2 Å². The lowest BCUT2D eigenvalue weighted by atomic mass is 10.1. The zero-order valence-electron chi connectivity index (χ0n) is 16.2. The van der Waals surface area contributed by atoms with Crippen LogP contribution in [0.5, 0.6) is 0 Å². The molecule has 2 aromatic carbocycles. The lowest BCUT2D eigenvalue weighted by Crippen LogP contribution is -2.09. The molecule has 5 rings (SSSR count). The van der Waals surface area contributed by atoms with Crippen molar-refractivity contribution in [3.63, 3.8) is 0 Å². The number of imidazole rings is 1. The molecular formula is C24H21N5. The molecule has 0 unspecified atom stereocenters. The summed E-state index contributed by atoms with van der Waals surface area (Å²) < 4.78 is 1.90. The van der Waals surface area contributed by atoms with Crippen LogP contribution in [0, 0.1) is 6.92 Å². The zero-order chi connectivity index (χ0) is 19.6. The van der Waals surface area contributed by atoms with Gasteiger partial charge in [0.15, 0.2) is 5.65 Å². The summed E-state index contributed by atoms with van der Waals surface area (Å²) in [5.74, 6) is 0.824. The lowest BCUT2D eigenvalue weighted by Gasteiger charge is -2.08. The van der Waals surface area contributed by atoms with Gasteiger partial charge in [0.1, 0.15) is 5.82 Å². The number of pyridine rings is 1. The van der Waals surface area contributed by atoms with Gasteiger partial charge < -0.3 is 5.32 Å². The van der Waals surface area contributed by atoms with Crippen molar-refractivity contribution in [2.45, 2.75) is 13.3 Å². The monoisotopic (exact) mass is 379 g/mol. The summed E-state index contributed by atoms with van der Waals surface area (Å²) in [5, 5.41) is 10.6. The molecule has 0 aliphatic carbocycles. The number of rotatable bonds is 5. The molecule has 0 aliphatic heterocycles. The Hall–Kier alpha value is -3.73. The standard InChI is InChI=1S/C24H21N5/c1-17-10-12-25-21(14-17)11-13-26-23-8-9-24-27-16-22(29(24)28-23)20-7-6-18-4-2-3-5-19(18)15-20/h2-10,12,14-16H,11,13H2,1H3,(H,26,28). The van der Waals surface area contributed by atoms with E-state index < -0.39 is 0 Å². The Bertz CT molecular complexity index is 1310. The molecule has 0 radical (unpaired) electrons. The highest BCUT2D eigenvalue weighted by molar-refractivity contribution is 5.87. The average molecular weight is 379 g/mol. The molecule has 0 fully saturated rings. The van der Waals surface area contributed by atoms with Crippen molar-refractivity contribution in [3.8, 4) is 11.3 Å². The van der Waals surface area contributed by atoms with Crippen molar-refractivity contribution in [1.29, 1.82) is 0 Å². The zero-order valence-corrected chi connectivity index (χ0v) is 16.2. The highest BCUT2D eigenvalue weighted by Crippen LogP contribution is 2.25. The molecule has 0 spiro atoms. The van der Waals surface area contributed by atoms with Crippen LogP contribution in [0.25, 0.3) is 27.7 Å². The molecule has 5 aromatic rings. The van der Waals surface area contributed by atoms with Crippen LogP contribution < -0.4 is 5.32 Å². The van der Waals surface area contributed by atoms with E-state index in [4.69, 9.17) is 5.10 Å². The first kappa shape index (κ1) is 17.4. The first-order valence-electron chi connectivity index (χ1n) is 9.76. The molecule has 29 heavy (non-hydrogen) atoms. The third-order valence-electron chi connectivity index (χ3n) is 5.07. The minimum absolute atomic E-state index is 0.773. The van der Waals surface area contributed by atoms with E-state index in [1.807, 2.05) is 35.1 Å². The molecule has 0 bridgehead atoms. The number of hydrogen-bond acceptors (Lipinski definition) is 4. The maximum absolute atomic E-state index is 4.76. The molecular weight excluding hydrogens is 358 g/mol. The van der Waals surface area contributed by atoms with Gasteiger partial charge in [-0.25, -0.2) is 9.50 Å². The summed E-state index contributed by atoms with van der Waals surface area (Å²) in [6, 6.07) is 22.9. The molecule has 5 heteroatoms. The van der Waals surface area contributed by atoms with E-state index in [1.54, 1.807) is 0 Å². The fourth-order valence-corrected chi connectivity index (χ4v) is 3.57. The van der Waals surface area contributed by atoms with Gasteiger partial charge in [0.05, 0.1) is 11.9 Å². The second-order valence-electron chi connectivity index (χ2n) is 7.20. The number of anilines is 1. The SMILES string of the molecule is Cc1ccnc(CCNc2ccc3ncc(-c4ccc5ccccc5c4)n3n2)c1. The molecule has 0 atom stereocenters. The van der Waals surface area contributed by atoms with Crippen LogP contribution in [0.2, 0.25) is 0 Å². The Morgan fingerprint density at radius 3 is 2.69 bits per heavy atom. The lowest BCUT2D eigenvalue weighted by molar-refractivity contribution is 0.906. The second-order valence-corrected chi connectivity index (χ2v) is 7.20. The molecule has 0 aliphatic rings. The van der Waals surface area contributed by atoms with Gasteiger partial charge >= 0.3 is 0 Å². The van der Waals surface area contributed by atoms with E-state index in [0.717, 1.165) is 41.4 Å². The number of benzene rings is 2. The first-order chi connectivity index (χ1) is 14.3. The minimum Gasteiger partial charge on any atom is -0.368 e. The van der Waals surface area contributed by atoms with Gasteiger partial charge in [-0.1, -0.05) is 36.4 Å². The molecule has 3 aromatic heterocycles. The van der Waals surface area contributed by atoms with Crippen LogP contribution in [0.3, 0.4) is 0 Å². The van der Waals surface area contributed by atoms with Crippen LogP contribution in [0.15, 0.2) is 79.1 Å². The topological polar surface area (TPSA) is 55.1 Å². The van der Waals surface area contributed by atoms with E-state index in [0.29, 0.717) is 0 Å². The van der Waals surface area contributed by atoms with Crippen molar-refractivity contribution in [2.24, 2.45) is 0 Å². The largest absolute Gasteiger partial charge is 0.368 e. The van der Waals surface area contributed by atoms with Gasteiger partial charge in [0, 0.05) is 30.4 Å². The van der Waals surface area contributed by atoms with Gasteiger partial charge in [-0.2, -0.15) is 0 Å². The van der Waals surface area contributed by atoms with Crippen LogP contribution in [-0.4, -0.2) is 26.1 Å². The maximum atomic E-state index is 4.76. The van der Waals surface area contributed by atoms with Gasteiger partial charge in [0.2, 0.25) is 0 Å². The van der Waals surface area contributed by atoms with Crippen LogP contribution in [0.1, 0.15) is 11.3 Å². The molecule has 0 saturated carbocycles. The van der Waals surface area contributed by atoms with Gasteiger partial charge in [-0.15, -0.1) is 5.10 Å². The molecule has 1 N–H and O–H groups in total. The molecule has 0 amide bonds. The summed E-state index contributed by atoms with van der Waals surface area (Å²) in [6.07, 6.45) is 4.59. The van der Waals surface area contributed by atoms with E-state index >= 15 is 0 Å². The van der Waals surface area contributed by atoms with Crippen molar-refractivity contribution in [1.82, 2.24) is 19.6 Å². The third-order valence-corrected chi connectivity index (χ3v) is 5.07. The van der Waals surface area contributed by atoms with E-state index in [2.05, 4.69) is 70.7 Å². The Balaban J connectivity index is 1.40. The average Bonchev–Trinajstić information content (AvgIpc) is 3.17. The Kier molecular flexibility index (Phi) is 4.41. The van der Waals surface area contributed by atoms with Crippen LogP contribution in [0.4, 0.5) is 5.82 Å². The third kappa shape index (κ3) is 3.55. The summed E-state index contributed by atoms with van der Waals surface area (Å²) in [6.45, 7) is 2.86. The maximum Gasteiger partial charge on any atom is 0.154 e. The molecule has 3 heterocycles. The smallest absolute Gasteiger partial charge is 0.154 e. The minimum atomic E-state index is 0.773. The molecule has 0 saturated heterocycles. The van der Waals surface area contributed by atoms with E-state index in [-0.39, 0.29) is 0 Å². The number of aromatic nitrogens is 4. The molecule has 5 nitrogen and oxygen atoms in total. The van der Waals surface area contributed by atoms with E-state index in [9.17, 15) is 0 Å². The summed E-state index contributed by atoms with van der Waals surface area (Å²) in [4.78, 5) is 8.93. The number of nitrogens with zero attached hydrogens (tertiary/aromatic N) is 4. The predicted octanol–water partition coefficient (Wildman–Crippen LogP) is 4.91. The summed E-state index contributed by atoms with van der Waals surface area (Å²) in [7, 11) is 0. The first-order valence-corrected chi connectivity index (χ1v) is 9.76. The quantitative estimate of drug-likeness (QED) is 0.471. The van der Waals surface area contributed by atoms with Gasteiger partial charge in [-0.3, -0.25) is 4.98 Å². The Morgan fingerprint density at radius 1 is 0.897 bits per heavy atom. The van der Waals surface area contributed by atoms with Crippen LogP contribution >= 0.6 is 0 Å². The second kappa shape index (κ2) is 7.36. The number of aryl methyl sites for hydroxylation is 1. The van der Waals surface area contributed by atoms with Crippen molar-refractivity contribution in [3.05, 3.63) is 90.4 Å². The number of fused-ring (bicyclic) bond motifs is 2. The normalized spacial score (nSPS) is 11.2. The fourth-order valence-electron chi connectivity index (χ4n) is 3.57.